The van der Waals surface area contributed by atoms with Crippen molar-refractivity contribution in [3.63, 3.8) is 0 Å². The summed E-state index contributed by atoms with van der Waals surface area (Å²) in [5, 5.41) is 3.27. The molecule has 0 spiro atoms. The Labute approximate surface area is 172 Å². The third-order valence-corrected chi connectivity index (χ3v) is 6.39. The number of hydrogen-bond acceptors (Lipinski definition) is 4. The van der Waals surface area contributed by atoms with E-state index in [-0.39, 0.29) is 11.3 Å². The fraction of sp³-hybridized carbons (Fsp3) is 0.375. The largest absolute Gasteiger partial charge is 0.497 e. The van der Waals surface area contributed by atoms with Crippen molar-refractivity contribution in [2.75, 3.05) is 25.7 Å². The van der Waals surface area contributed by atoms with Crippen LogP contribution in [0.15, 0.2) is 42.5 Å². The summed E-state index contributed by atoms with van der Waals surface area (Å²) in [6.45, 7) is 6.92. The summed E-state index contributed by atoms with van der Waals surface area (Å²) in [6, 6.07) is 12.3. The minimum absolute atomic E-state index is 0.0367. The first kappa shape index (κ1) is 19.4. The first-order valence-electron chi connectivity index (χ1n) is 9.99. The molecule has 1 N–H and O–H groups in total. The van der Waals surface area contributed by atoms with Crippen molar-refractivity contribution in [1.82, 2.24) is 5.32 Å². The van der Waals surface area contributed by atoms with Crippen LogP contribution in [0.4, 0.5) is 5.69 Å². The Bertz CT molecular complexity index is 996. The summed E-state index contributed by atoms with van der Waals surface area (Å²) in [6.07, 6.45) is 5.13. The van der Waals surface area contributed by atoms with E-state index in [1.165, 1.54) is 11.1 Å². The Morgan fingerprint density at radius 2 is 1.93 bits per heavy atom. The summed E-state index contributed by atoms with van der Waals surface area (Å²) in [5.41, 5.74) is 3.71. The highest BCUT2D eigenvalue weighted by molar-refractivity contribution is 5.91. The van der Waals surface area contributed by atoms with Crippen molar-refractivity contribution < 1.29 is 14.3 Å². The number of fused-ring (bicyclic) bond motifs is 3. The predicted octanol–water partition coefficient (Wildman–Crippen LogP) is 3.90. The van der Waals surface area contributed by atoms with E-state index in [1.807, 2.05) is 24.3 Å². The minimum Gasteiger partial charge on any atom is -0.497 e. The molecular formula is C24H28N2O3. The molecule has 1 atom stereocenters. The molecular weight excluding hydrogens is 364 g/mol. The molecule has 29 heavy (non-hydrogen) atoms. The first-order chi connectivity index (χ1) is 13.9. The Morgan fingerprint density at radius 3 is 2.62 bits per heavy atom. The minimum atomic E-state index is -0.621. The average molecular weight is 392 g/mol. The zero-order valence-electron chi connectivity index (χ0n) is 17.7. The van der Waals surface area contributed by atoms with Crippen molar-refractivity contribution in [2.45, 2.75) is 38.3 Å². The number of methoxy groups -OCH3 is 2. The van der Waals surface area contributed by atoms with Gasteiger partial charge < -0.3 is 19.7 Å². The van der Waals surface area contributed by atoms with E-state index in [2.05, 4.69) is 55.3 Å². The van der Waals surface area contributed by atoms with Gasteiger partial charge in [0.25, 0.3) is 0 Å². The number of anilines is 1. The molecule has 0 unspecified atom stereocenters. The highest BCUT2D eigenvalue weighted by atomic mass is 16.5. The first-order valence-corrected chi connectivity index (χ1v) is 9.99. The van der Waals surface area contributed by atoms with Gasteiger partial charge in [0.05, 0.1) is 20.8 Å². The van der Waals surface area contributed by atoms with Gasteiger partial charge in [-0.25, -0.2) is 0 Å². The van der Waals surface area contributed by atoms with Gasteiger partial charge in [-0.15, -0.1) is 0 Å². The molecule has 2 aromatic carbocycles. The standard InChI is InChI=1S/C24H28N2O3/c1-6-16-7-10-20-19(13-16)23(2,3)24(25-22(27)15-26(20)24)12-11-17-8-9-18(28-4)14-21(17)29-5/h7-14H,6,15H2,1-5H3,(H,25,27)/t24-/m0/s1. The van der Waals surface area contributed by atoms with Crippen LogP contribution in [0.5, 0.6) is 11.5 Å². The number of aryl methyl sites for hydroxylation is 1. The van der Waals surface area contributed by atoms with Crippen molar-refractivity contribution in [3.05, 3.63) is 59.2 Å². The highest BCUT2D eigenvalue weighted by Gasteiger charge is 2.59. The molecule has 4 rings (SSSR count). The molecule has 2 aliphatic heterocycles. The fourth-order valence-electron chi connectivity index (χ4n) is 4.61. The van der Waals surface area contributed by atoms with Gasteiger partial charge in [-0.05, 0) is 41.8 Å². The lowest BCUT2D eigenvalue weighted by atomic mass is 9.75. The molecule has 5 nitrogen and oxygen atoms in total. The fourth-order valence-corrected chi connectivity index (χ4v) is 4.61. The van der Waals surface area contributed by atoms with E-state index in [9.17, 15) is 4.79 Å². The number of nitrogens with zero attached hydrogens (tertiary/aromatic N) is 1. The van der Waals surface area contributed by atoms with Gasteiger partial charge in [0, 0.05) is 22.7 Å². The molecule has 2 aromatic rings. The van der Waals surface area contributed by atoms with Crippen molar-refractivity contribution >= 4 is 17.7 Å². The Kier molecular flexibility index (Phi) is 4.56. The van der Waals surface area contributed by atoms with Crippen LogP contribution in [0.25, 0.3) is 6.08 Å². The van der Waals surface area contributed by atoms with Crippen molar-refractivity contribution in [3.8, 4) is 11.5 Å². The lowest BCUT2D eigenvalue weighted by Gasteiger charge is -2.40. The zero-order valence-corrected chi connectivity index (χ0v) is 17.7. The number of nitrogens with one attached hydrogen (secondary N) is 1. The van der Waals surface area contributed by atoms with Gasteiger partial charge in [-0.2, -0.15) is 0 Å². The quantitative estimate of drug-likeness (QED) is 0.838. The highest BCUT2D eigenvalue weighted by Crippen LogP contribution is 2.53. The molecule has 0 aromatic heterocycles. The third kappa shape index (κ3) is 2.79. The van der Waals surface area contributed by atoms with Crippen LogP contribution < -0.4 is 19.7 Å². The van der Waals surface area contributed by atoms with Crippen molar-refractivity contribution in [1.29, 1.82) is 0 Å². The lowest BCUT2D eigenvalue weighted by molar-refractivity contribution is -0.118. The molecule has 2 heterocycles. The van der Waals surface area contributed by atoms with E-state index in [1.54, 1.807) is 14.2 Å². The number of hydrogen-bond donors (Lipinski definition) is 1. The Hall–Kier alpha value is -2.95. The van der Waals surface area contributed by atoms with Crippen LogP contribution in [-0.4, -0.2) is 32.3 Å². The molecule has 0 bridgehead atoms. The number of benzene rings is 2. The second-order valence-corrected chi connectivity index (χ2v) is 8.17. The maximum absolute atomic E-state index is 12.5. The number of rotatable bonds is 5. The Morgan fingerprint density at radius 1 is 1.14 bits per heavy atom. The lowest BCUT2D eigenvalue weighted by Crippen LogP contribution is -2.58. The number of amides is 1. The van der Waals surface area contributed by atoms with E-state index < -0.39 is 5.66 Å². The van der Waals surface area contributed by atoms with Gasteiger partial charge in [-0.1, -0.05) is 39.0 Å². The predicted molar refractivity (Wildman–Crippen MR) is 116 cm³/mol. The molecule has 0 aliphatic carbocycles. The summed E-state index contributed by atoms with van der Waals surface area (Å²) >= 11 is 0. The molecule has 0 radical (unpaired) electrons. The van der Waals surface area contributed by atoms with Crippen LogP contribution in [0.1, 0.15) is 37.5 Å². The average Bonchev–Trinajstić information content (AvgIpc) is 3.16. The van der Waals surface area contributed by atoms with Crippen LogP contribution in [0.3, 0.4) is 0 Å². The second-order valence-electron chi connectivity index (χ2n) is 8.17. The van der Waals surface area contributed by atoms with Crippen LogP contribution >= 0.6 is 0 Å². The van der Waals surface area contributed by atoms with Gasteiger partial charge in [0.1, 0.15) is 17.2 Å². The van der Waals surface area contributed by atoms with E-state index >= 15 is 0 Å². The Balaban J connectivity index is 1.81. The topological polar surface area (TPSA) is 50.8 Å². The summed E-state index contributed by atoms with van der Waals surface area (Å²) < 4.78 is 10.8. The van der Waals surface area contributed by atoms with Crippen molar-refractivity contribution in [2.24, 2.45) is 0 Å². The molecule has 1 fully saturated rings. The molecule has 2 aliphatic rings. The maximum Gasteiger partial charge on any atom is 0.241 e. The molecule has 1 amide bonds. The SMILES string of the molecule is CCc1ccc2c(c1)C(C)(C)[C@@]1(C=Cc3ccc(OC)cc3OC)NC(=O)CN21. The van der Waals surface area contributed by atoms with Crippen LogP contribution in [-0.2, 0) is 16.6 Å². The van der Waals surface area contributed by atoms with E-state index in [0.717, 1.165) is 29.2 Å². The maximum atomic E-state index is 12.5. The van der Waals surface area contributed by atoms with E-state index in [4.69, 9.17) is 9.47 Å². The molecule has 0 saturated carbocycles. The smallest absolute Gasteiger partial charge is 0.241 e. The molecule has 1 saturated heterocycles. The van der Waals surface area contributed by atoms with Gasteiger partial charge >= 0.3 is 0 Å². The van der Waals surface area contributed by atoms with Crippen LogP contribution in [0.2, 0.25) is 0 Å². The second kappa shape index (κ2) is 6.83. The number of carbonyl (C=O) groups excluding carboxylic acids is 1. The summed E-state index contributed by atoms with van der Waals surface area (Å²) in [5.74, 6) is 1.51. The molecule has 5 heteroatoms. The van der Waals surface area contributed by atoms with Gasteiger partial charge in [0.15, 0.2) is 0 Å². The summed E-state index contributed by atoms with van der Waals surface area (Å²) in [4.78, 5) is 14.7. The zero-order chi connectivity index (χ0) is 20.8. The normalized spacial score (nSPS) is 21.8. The monoisotopic (exact) mass is 392 g/mol. The van der Waals surface area contributed by atoms with Crippen LogP contribution in [0, 0.1) is 0 Å². The number of ether oxygens (including phenoxy) is 2. The van der Waals surface area contributed by atoms with E-state index in [0.29, 0.717) is 6.54 Å². The molecule has 152 valence electrons. The summed E-state index contributed by atoms with van der Waals surface area (Å²) in [7, 11) is 3.29. The van der Waals surface area contributed by atoms with Gasteiger partial charge in [-0.3, -0.25) is 4.79 Å². The number of carbonyl (C=O) groups is 1. The third-order valence-electron chi connectivity index (χ3n) is 6.39. The van der Waals surface area contributed by atoms with Gasteiger partial charge in [0.2, 0.25) is 5.91 Å².